The first kappa shape index (κ1) is 17.7. The van der Waals surface area contributed by atoms with Crippen LogP contribution in [0, 0.1) is 23.5 Å². The summed E-state index contributed by atoms with van der Waals surface area (Å²) < 4.78 is 62.1. The molecule has 10 heteroatoms. The van der Waals surface area contributed by atoms with Gasteiger partial charge < -0.3 is 10.1 Å². The Labute approximate surface area is 151 Å². The number of aromatic nitrogens is 4. The van der Waals surface area contributed by atoms with Crippen molar-refractivity contribution in [2.45, 2.75) is 32.0 Å². The number of benzene rings is 1. The van der Waals surface area contributed by atoms with Gasteiger partial charge in [-0.1, -0.05) is 0 Å². The summed E-state index contributed by atoms with van der Waals surface area (Å²) in [5.41, 5.74) is -0.0860. The average molecular weight is 381 g/mol. The minimum atomic E-state index is -1.31. The fourth-order valence-corrected chi connectivity index (χ4v) is 3.07. The molecule has 1 saturated heterocycles. The molecule has 3 aromatic rings. The molecule has 0 saturated carbocycles. The van der Waals surface area contributed by atoms with E-state index in [1.54, 1.807) is 4.57 Å². The highest BCUT2D eigenvalue weighted by Crippen LogP contribution is 2.28. The smallest absolute Gasteiger partial charge is 0.312 e. The van der Waals surface area contributed by atoms with E-state index in [0.717, 1.165) is 25.3 Å². The minimum Gasteiger partial charge on any atom is -0.364 e. The predicted octanol–water partition coefficient (Wildman–Crippen LogP) is 3.69. The Balaban J connectivity index is 1.66. The Kier molecular flexibility index (Phi) is 4.65. The molecular formula is C17H15F4N5O. The van der Waals surface area contributed by atoms with Gasteiger partial charge in [0, 0.05) is 18.7 Å². The number of ether oxygens (including phenoxy) is 1. The Morgan fingerprint density at radius 3 is 2.70 bits per heavy atom. The molecule has 3 heterocycles. The van der Waals surface area contributed by atoms with Gasteiger partial charge in [0.2, 0.25) is 0 Å². The first-order chi connectivity index (χ1) is 13.0. The Hall–Kier alpha value is -2.75. The lowest BCUT2D eigenvalue weighted by Gasteiger charge is -2.23. The third kappa shape index (κ3) is 3.32. The monoisotopic (exact) mass is 381 g/mol. The maximum absolute atomic E-state index is 13.9. The van der Waals surface area contributed by atoms with E-state index in [4.69, 9.17) is 4.74 Å². The summed E-state index contributed by atoms with van der Waals surface area (Å²) in [6.45, 7) is 0.148. The van der Waals surface area contributed by atoms with Crippen molar-refractivity contribution in [3.05, 3.63) is 47.6 Å². The SMILES string of the molecule is Fc1nc(NCc2c(F)ccc(F)c2F)c2ncn(C3CCCCO3)c2n1. The molecule has 1 aromatic carbocycles. The van der Waals surface area contributed by atoms with Gasteiger partial charge in [-0.05, 0) is 31.4 Å². The molecule has 4 rings (SSSR count). The molecule has 0 bridgehead atoms. The van der Waals surface area contributed by atoms with Crippen molar-refractivity contribution < 1.29 is 22.3 Å². The third-order valence-electron chi connectivity index (χ3n) is 4.43. The molecule has 142 valence electrons. The lowest BCUT2D eigenvalue weighted by atomic mass is 10.2. The summed E-state index contributed by atoms with van der Waals surface area (Å²) in [5, 5.41) is 2.62. The van der Waals surface area contributed by atoms with Crippen LogP contribution in [-0.2, 0) is 11.3 Å². The first-order valence-corrected chi connectivity index (χ1v) is 8.42. The van der Waals surface area contributed by atoms with E-state index in [1.165, 1.54) is 6.33 Å². The highest BCUT2D eigenvalue weighted by molar-refractivity contribution is 5.82. The number of halogens is 4. The number of fused-ring (bicyclic) bond motifs is 1. The molecule has 0 amide bonds. The van der Waals surface area contributed by atoms with Crippen LogP contribution in [0.5, 0.6) is 0 Å². The van der Waals surface area contributed by atoms with Crippen LogP contribution < -0.4 is 5.32 Å². The number of hydrogen-bond donors (Lipinski definition) is 1. The second-order valence-corrected chi connectivity index (χ2v) is 6.16. The highest BCUT2D eigenvalue weighted by atomic mass is 19.2. The highest BCUT2D eigenvalue weighted by Gasteiger charge is 2.22. The zero-order valence-corrected chi connectivity index (χ0v) is 14.1. The molecule has 1 atom stereocenters. The van der Waals surface area contributed by atoms with Crippen molar-refractivity contribution in [1.82, 2.24) is 19.5 Å². The number of hydrogen-bond acceptors (Lipinski definition) is 5. The molecule has 27 heavy (non-hydrogen) atoms. The van der Waals surface area contributed by atoms with Crippen LogP contribution >= 0.6 is 0 Å². The van der Waals surface area contributed by atoms with E-state index in [9.17, 15) is 17.6 Å². The molecule has 2 aromatic heterocycles. The number of imidazole rings is 1. The van der Waals surface area contributed by atoms with Crippen LogP contribution in [0.1, 0.15) is 31.1 Å². The van der Waals surface area contributed by atoms with Crippen molar-refractivity contribution in [2.75, 3.05) is 11.9 Å². The van der Waals surface area contributed by atoms with Gasteiger partial charge in [0.05, 0.1) is 6.33 Å². The van der Waals surface area contributed by atoms with E-state index >= 15 is 0 Å². The average Bonchev–Trinajstić information content (AvgIpc) is 3.09. The molecule has 1 fully saturated rings. The van der Waals surface area contributed by atoms with Gasteiger partial charge in [-0.2, -0.15) is 14.4 Å². The second kappa shape index (κ2) is 7.10. The number of nitrogens with one attached hydrogen (secondary N) is 1. The summed E-state index contributed by atoms with van der Waals surface area (Å²) in [6, 6.07) is 1.52. The maximum Gasteiger partial charge on any atom is 0.312 e. The normalized spacial score (nSPS) is 17.4. The van der Waals surface area contributed by atoms with Crippen LogP contribution in [0.15, 0.2) is 18.5 Å². The van der Waals surface area contributed by atoms with Gasteiger partial charge in [-0.15, -0.1) is 0 Å². The van der Waals surface area contributed by atoms with Gasteiger partial charge in [0.15, 0.2) is 28.6 Å². The van der Waals surface area contributed by atoms with E-state index in [1.807, 2.05) is 0 Å². The van der Waals surface area contributed by atoms with Crippen LogP contribution in [0.3, 0.4) is 0 Å². The molecule has 1 aliphatic heterocycles. The standard InChI is InChI=1S/C17H15F4N5O/c18-10-4-5-11(19)13(20)9(10)7-22-15-14-16(25-17(21)24-15)26(8-23-14)12-3-1-2-6-27-12/h4-5,8,12H,1-3,6-7H2,(H,22,24,25). The lowest BCUT2D eigenvalue weighted by molar-refractivity contribution is -0.0298. The quantitative estimate of drug-likeness (QED) is 0.424. The fraction of sp³-hybridized carbons (Fsp3) is 0.353. The van der Waals surface area contributed by atoms with Crippen LogP contribution in [0.4, 0.5) is 23.4 Å². The lowest BCUT2D eigenvalue weighted by Crippen LogP contribution is -2.18. The molecule has 0 radical (unpaired) electrons. The Morgan fingerprint density at radius 1 is 1.11 bits per heavy atom. The van der Waals surface area contributed by atoms with Gasteiger partial charge in [0.25, 0.3) is 0 Å². The zero-order valence-electron chi connectivity index (χ0n) is 14.1. The first-order valence-electron chi connectivity index (χ1n) is 8.42. The summed E-state index contributed by atoms with van der Waals surface area (Å²) in [5.74, 6) is -3.45. The minimum absolute atomic E-state index is 0.0462. The molecular weight excluding hydrogens is 366 g/mol. The number of rotatable bonds is 4. The maximum atomic E-state index is 13.9. The summed E-state index contributed by atoms with van der Waals surface area (Å²) >= 11 is 0. The summed E-state index contributed by atoms with van der Waals surface area (Å²) in [6.07, 6.45) is 2.76. The third-order valence-corrected chi connectivity index (χ3v) is 4.43. The second-order valence-electron chi connectivity index (χ2n) is 6.16. The Morgan fingerprint density at radius 2 is 1.93 bits per heavy atom. The van der Waals surface area contributed by atoms with Crippen molar-refractivity contribution >= 4 is 17.0 Å². The predicted molar refractivity (Wildman–Crippen MR) is 87.8 cm³/mol. The molecule has 0 spiro atoms. The van der Waals surface area contributed by atoms with E-state index in [-0.39, 0.29) is 23.2 Å². The van der Waals surface area contributed by atoms with Crippen molar-refractivity contribution in [1.29, 1.82) is 0 Å². The van der Waals surface area contributed by atoms with Crippen molar-refractivity contribution in [3.63, 3.8) is 0 Å². The van der Waals surface area contributed by atoms with Crippen molar-refractivity contribution in [3.8, 4) is 0 Å². The van der Waals surface area contributed by atoms with Crippen LogP contribution in [-0.4, -0.2) is 26.1 Å². The molecule has 1 N–H and O–H groups in total. The van der Waals surface area contributed by atoms with Crippen molar-refractivity contribution in [2.24, 2.45) is 0 Å². The Bertz CT molecular complexity index is 987. The topological polar surface area (TPSA) is 64.9 Å². The summed E-state index contributed by atoms with van der Waals surface area (Å²) in [7, 11) is 0. The molecule has 1 aliphatic rings. The van der Waals surface area contributed by atoms with E-state index < -0.39 is 35.6 Å². The van der Waals surface area contributed by atoms with Gasteiger partial charge in [-0.3, -0.25) is 4.57 Å². The van der Waals surface area contributed by atoms with Crippen LogP contribution in [0.2, 0.25) is 0 Å². The van der Waals surface area contributed by atoms with Gasteiger partial charge in [0.1, 0.15) is 12.0 Å². The molecule has 6 nitrogen and oxygen atoms in total. The largest absolute Gasteiger partial charge is 0.364 e. The van der Waals surface area contributed by atoms with Gasteiger partial charge >= 0.3 is 6.08 Å². The molecule has 0 aliphatic carbocycles. The van der Waals surface area contributed by atoms with E-state index in [2.05, 4.69) is 20.3 Å². The van der Waals surface area contributed by atoms with Gasteiger partial charge in [-0.25, -0.2) is 18.2 Å². The summed E-state index contributed by atoms with van der Waals surface area (Å²) in [4.78, 5) is 11.6. The number of nitrogens with zero attached hydrogens (tertiary/aromatic N) is 4. The van der Waals surface area contributed by atoms with Crippen LogP contribution in [0.25, 0.3) is 11.2 Å². The van der Waals surface area contributed by atoms with E-state index in [0.29, 0.717) is 12.7 Å². The zero-order chi connectivity index (χ0) is 19.0. The fourth-order valence-electron chi connectivity index (χ4n) is 3.07. The molecule has 1 unspecified atom stereocenters. The number of anilines is 1.